The van der Waals surface area contributed by atoms with Crippen molar-refractivity contribution in [1.82, 2.24) is 10.2 Å². The molecule has 0 unspecified atom stereocenters. The third-order valence-corrected chi connectivity index (χ3v) is 3.30. The molecule has 0 heterocycles. The number of nitrogens with one attached hydrogen (secondary N) is 1. The SMILES string of the molecule is Cc1cccc(OCCNCC(=O)N(C)C2CC2)c1. The standard InChI is InChI=1S/C15H22N2O2/c1-12-4-3-5-14(10-12)19-9-8-16-11-15(18)17(2)13-6-7-13/h3-5,10,13,16H,6-9,11H2,1-2H3. The molecule has 1 N–H and O–H groups in total. The van der Waals surface area contributed by atoms with Crippen molar-refractivity contribution in [2.75, 3.05) is 26.7 Å². The van der Waals surface area contributed by atoms with E-state index in [-0.39, 0.29) is 5.91 Å². The Morgan fingerprint density at radius 2 is 2.26 bits per heavy atom. The Hall–Kier alpha value is -1.55. The molecule has 0 bridgehead atoms. The number of carbonyl (C=O) groups excluding carboxylic acids is 1. The normalized spacial score (nSPS) is 14.2. The Balaban J connectivity index is 1.58. The number of rotatable bonds is 7. The van der Waals surface area contributed by atoms with Gasteiger partial charge in [-0.3, -0.25) is 4.79 Å². The molecule has 104 valence electrons. The number of ether oxygens (including phenoxy) is 1. The summed E-state index contributed by atoms with van der Waals surface area (Å²) in [5, 5.41) is 3.12. The van der Waals surface area contributed by atoms with Crippen molar-refractivity contribution in [3.05, 3.63) is 29.8 Å². The van der Waals surface area contributed by atoms with Crippen LogP contribution in [0.3, 0.4) is 0 Å². The van der Waals surface area contributed by atoms with Gasteiger partial charge in [-0.1, -0.05) is 12.1 Å². The highest BCUT2D eigenvalue weighted by Gasteiger charge is 2.28. The van der Waals surface area contributed by atoms with E-state index in [1.807, 2.05) is 43.1 Å². The molecule has 4 heteroatoms. The van der Waals surface area contributed by atoms with Gasteiger partial charge >= 0.3 is 0 Å². The van der Waals surface area contributed by atoms with Crippen molar-refractivity contribution in [3.63, 3.8) is 0 Å². The molecule has 0 aromatic heterocycles. The van der Waals surface area contributed by atoms with E-state index in [0.717, 1.165) is 18.6 Å². The summed E-state index contributed by atoms with van der Waals surface area (Å²) in [5.74, 6) is 1.04. The summed E-state index contributed by atoms with van der Waals surface area (Å²) in [6, 6.07) is 8.45. The van der Waals surface area contributed by atoms with Crippen LogP contribution in [0.25, 0.3) is 0 Å². The van der Waals surface area contributed by atoms with E-state index in [1.54, 1.807) is 0 Å². The van der Waals surface area contributed by atoms with Crippen molar-refractivity contribution < 1.29 is 9.53 Å². The van der Waals surface area contributed by atoms with Gasteiger partial charge < -0.3 is 15.0 Å². The average molecular weight is 262 g/mol. The number of benzene rings is 1. The summed E-state index contributed by atoms with van der Waals surface area (Å²) in [6.07, 6.45) is 2.30. The van der Waals surface area contributed by atoms with Gasteiger partial charge in [-0.15, -0.1) is 0 Å². The van der Waals surface area contributed by atoms with Gasteiger partial charge in [-0.05, 0) is 37.5 Å². The van der Waals surface area contributed by atoms with Crippen LogP contribution in [0.4, 0.5) is 0 Å². The highest BCUT2D eigenvalue weighted by atomic mass is 16.5. The van der Waals surface area contributed by atoms with Crippen LogP contribution in [0.2, 0.25) is 0 Å². The van der Waals surface area contributed by atoms with Gasteiger partial charge in [-0.25, -0.2) is 0 Å². The lowest BCUT2D eigenvalue weighted by atomic mass is 10.2. The fourth-order valence-corrected chi connectivity index (χ4v) is 1.93. The Bertz CT molecular complexity index is 430. The maximum Gasteiger partial charge on any atom is 0.236 e. The lowest BCUT2D eigenvalue weighted by Crippen LogP contribution is -2.38. The molecule has 2 rings (SSSR count). The van der Waals surface area contributed by atoms with Crippen LogP contribution < -0.4 is 10.1 Å². The van der Waals surface area contributed by atoms with Gasteiger partial charge in [0, 0.05) is 19.6 Å². The lowest BCUT2D eigenvalue weighted by molar-refractivity contribution is -0.129. The minimum absolute atomic E-state index is 0.165. The van der Waals surface area contributed by atoms with Crippen molar-refractivity contribution in [3.8, 4) is 5.75 Å². The monoisotopic (exact) mass is 262 g/mol. The molecule has 0 atom stereocenters. The van der Waals surface area contributed by atoms with Crippen molar-refractivity contribution >= 4 is 5.91 Å². The van der Waals surface area contributed by atoms with E-state index in [0.29, 0.717) is 25.7 Å². The molecule has 0 spiro atoms. The van der Waals surface area contributed by atoms with E-state index in [4.69, 9.17) is 4.74 Å². The molecular weight excluding hydrogens is 240 g/mol. The molecule has 1 aromatic rings. The first kappa shape index (κ1) is 13.9. The molecule has 1 aliphatic rings. The summed E-state index contributed by atoms with van der Waals surface area (Å²) < 4.78 is 5.60. The number of likely N-dealkylation sites (N-methyl/N-ethyl adjacent to an activating group) is 1. The summed E-state index contributed by atoms with van der Waals surface area (Å²) >= 11 is 0. The minimum atomic E-state index is 0.165. The second-order valence-corrected chi connectivity index (χ2v) is 5.08. The molecule has 1 saturated carbocycles. The van der Waals surface area contributed by atoms with Crippen LogP contribution in [0.15, 0.2) is 24.3 Å². The first-order valence-corrected chi connectivity index (χ1v) is 6.82. The first-order valence-electron chi connectivity index (χ1n) is 6.82. The van der Waals surface area contributed by atoms with Gasteiger partial charge in [0.25, 0.3) is 0 Å². The van der Waals surface area contributed by atoms with Gasteiger partial charge in [-0.2, -0.15) is 0 Å². The topological polar surface area (TPSA) is 41.6 Å². The minimum Gasteiger partial charge on any atom is -0.492 e. The molecule has 1 aliphatic carbocycles. The second kappa shape index (κ2) is 6.57. The second-order valence-electron chi connectivity index (χ2n) is 5.08. The van der Waals surface area contributed by atoms with E-state index in [9.17, 15) is 4.79 Å². The van der Waals surface area contributed by atoms with Crippen LogP contribution in [-0.4, -0.2) is 43.6 Å². The highest BCUT2D eigenvalue weighted by molar-refractivity contribution is 5.78. The molecular formula is C15H22N2O2. The molecule has 0 saturated heterocycles. The fraction of sp³-hybridized carbons (Fsp3) is 0.533. The van der Waals surface area contributed by atoms with Crippen LogP contribution in [0.5, 0.6) is 5.75 Å². The van der Waals surface area contributed by atoms with E-state index >= 15 is 0 Å². The highest BCUT2D eigenvalue weighted by Crippen LogP contribution is 2.24. The van der Waals surface area contributed by atoms with Crippen LogP contribution in [0.1, 0.15) is 18.4 Å². The molecule has 1 amide bonds. The maximum absolute atomic E-state index is 11.7. The molecule has 0 aliphatic heterocycles. The molecule has 1 fully saturated rings. The zero-order valence-electron chi connectivity index (χ0n) is 11.7. The largest absolute Gasteiger partial charge is 0.492 e. The Morgan fingerprint density at radius 1 is 1.47 bits per heavy atom. The zero-order valence-corrected chi connectivity index (χ0v) is 11.7. The summed E-state index contributed by atoms with van der Waals surface area (Å²) in [5.41, 5.74) is 1.19. The third kappa shape index (κ3) is 4.56. The van der Waals surface area contributed by atoms with Gasteiger partial charge in [0.15, 0.2) is 0 Å². The van der Waals surface area contributed by atoms with Crippen LogP contribution >= 0.6 is 0 Å². The predicted octanol–water partition coefficient (Wildman–Crippen LogP) is 1.58. The average Bonchev–Trinajstić information content (AvgIpc) is 3.21. The Labute approximate surface area is 114 Å². The number of amides is 1. The van der Waals surface area contributed by atoms with Crippen molar-refractivity contribution in [2.45, 2.75) is 25.8 Å². The number of nitrogens with zero attached hydrogens (tertiary/aromatic N) is 1. The van der Waals surface area contributed by atoms with Crippen LogP contribution in [-0.2, 0) is 4.79 Å². The van der Waals surface area contributed by atoms with E-state index in [1.165, 1.54) is 5.56 Å². The maximum atomic E-state index is 11.7. The molecule has 19 heavy (non-hydrogen) atoms. The van der Waals surface area contributed by atoms with Crippen molar-refractivity contribution in [1.29, 1.82) is 0 Å². The number of hydrogen-bond donors (Lipinski definition) is 1. The number of carbonyl (C=O) groups is 1. The smallest absolute Gasteiger partial charge is 0.236 e. The quantitative estimate of drug-likeness (QED) is 0.759. The Kier molecular flexibility index (Phi) is 4.80. The zero-order chi connectivity index (χ0) is 13.7. The van der Waals surface area contributed by atoms with Gasteiger partial charge in [0.2, 0.25) is 5.91 Å². The molecule has 4 nitrogen and oxygen atoms in total. The van der Waals surface area contributed by atoms with E-state index < -0.39 is 0 Å². The van der Waals surface area contributed by atoms with Gasteiger partial charge in [0.05, 0.1) is 6.54 Å². The summed E-state index contributed by atoms with van der Waals surface area (Å²) in [4.78, 5) is 13.6. The third-order valence-electron chi connectivity index (χ3n) is 3.30. The predicted molar refractivity (Wildman–Crippen MR) is 75.3 cm³/mol. The lowest BCUT2D eigenvalue weighted by Gasteiger charge is -2.16. The number of hydrogen-bond acceptors (Lipinski definition) is 3. The van der Waals surface area contributed by atoms with E-state index in [2.05, 4.69) is 5.32 Å². The van der Waals surface area contributed by atoms with Crippen molar-refractivity contribution in [2.24, 2.45) is 0 Å². The van der Waals surface area contributed by atoms with Gasteiger partial charge in [0.1, 0.15) is 12.4 Å². The molecule has 1 aromatic carbocycles. The Morgan fingerprint density at radius 3 is 2.95 bits per heavy atom. The molecule has 0 radical (unpaired) electrons. The summed E-state index contributed by atoms with van der Waals surface area (Å²) in [6.45, 7) is 3.68. The first-order chi connectivity index (χ1) is 9.16. The van der Waals surface area contributed by atoms with Crippen LogP contribution in [0, 0.1) is 6.92 Å². The summed E-state index contributed by atoms with van der Waals surface area (Å²) in [7, 11) is 1.88. The number of aryl methyl sites for hydroxylation is 1. The fourth-order valence-electron chi connectivity index (χ4n) is 1.93.